The van der Waals surface area contributed by atoms with Gasteiger partial charge in [0.05, 0.1) is 18.1 Å². The average molecular weight is 424 g/mol. The highest BCUT2D eigenvalue weighted by Gasteiger charge is 2.29. The smallest absolute Gasteiger partial charge is 0.254 e. The first kappa shape index (κ1) is 21.8. The maximum absolute atomic E-state index is 13.2. The predicted octanol–water partition coefficient (Wildman–Crippen LogP) is 2.92. The number of carbonyl (C=O) groups is 2. The Labute approximate surface area is 184 Å². The maximum Gasteiger partial charge on any atom is 0.254 e. The summed E-state index contributed by atoms with van der Waals surface area (Å²) in [5.74, 6) is -0.0643. The largest absolute Gasteiger partial charge is 0.373 e. The van der Waals surface area contributed by atoms with Gasteiger partial charge < -0.3 is 15.0 Å². The maximum atomic E-state index is 13.2. The highest BCUT2D eigenvalue weighted by molar-refractivity contribution is 6.07. The van der Waals surface area contributed by atoms with Crippen LogP contribution in [0.2, 0.25) is 0 Å². The first-order chi connectivity index (χ1) is 15.0. The van der Waals surface area contributed by atoms with Crippen molar-refractivity contribution < 1.29 is 14.3 Å². The molecule has 0 saturated carbocycles. The van der Waals surface area contributed by atoms with E-state index in [1.54, 1.807) is 0 Å². The van der Waals surface area contributed by atoms with E-state index in [9.17, 15) is 9.59 Å². The third-order valence-electron chi connectivity index (χ3n) is 6.32. The van der Waals surface area contributed by atoms with Crippen LogP contribution in [0.15, 0.2) is 42.5 Å². The van der Waals surface area contributed by atoms with Crippen molar-refractivity contribution in [3.8, 4) is 0 Å². The Morgan fingerprint density at radius 1 is 1.03 bits per heavy atom. The fourth-order valence-electron chi connectivity index (χ4n) is 4.91. The summed E-state index contributed by atoms with van der Waals surface area (Å²) in [7, 11) is 0. The van der Waals surface area contributed by atoms with Gasteiger partial charge in [0, 0.05) is 44.8 Å². The zero-order valence-corrected chi connectivity index (χ0v) is 18.5. The number of piperidine rings is 1. The summed E-state index contributed by atoms with van der Waals surface area (Å²) in [6, 6.07) is 13.8. The first-order valence-electron chi connectivity index (χ1n) is 11.4. The van der Waals surface area contributed by atoms with Gasteiger partial charge in [-0.15, -0.1) is 0 Å². The van der Waals surface area contributed by atoms with Gasteiger partial charge in [0.25, 0.3) is 5.91 Å². The van der Waals surface area contributed by atoms with Crippen LogP contribution in [0.1, 0.15) is 37.0 Å². The number of fused-ring (bicyclic) bond motifs is 1. The molecular formula is C25H33N3O3. The lowest BCUT2D eigenvalue weighted by molar-refractivity contribution is -0.126. The summed E-state index contributed by atoms with van der Waals surface area (Å²) in [6.45, 7) is 8.62. The molecule has 0 aromatic heterocycles. The van der Waals surface area contributed by atoms with Gasteiger partial charge in [0.1, 0.15) is 0 Å². The third kappa shape index (κ3) is 5.25. The third-order valence-corrected chi connectivity index (χ3v) is 6.32. The topological polar surface area (TPSA) is 61.9 Å². The first-order valence-corrected chi connectivity index (χ1v) is 11.4. The number of ether oxygens (including phenoxy) is 1. The second kappa shape index (κ2) is 9.79. The van der Waals surface area contributed by atoms with Crippen LogP contribution in [0.4, 0.5) is 0 Å². The van der Waals surface area contributed by atoms with Gasteiger partial charge in [-0.2, -0.15) is 0 Å². The van der Waals surface area contributed by atoms with E-state index in [4.69, 9.17) is 4.74 Å². The number of hydrogen-bond acceptors (Lipinski definition) is 4. The Bertz CT molecular complexity index is 916. The Hall–Kier alpha value is -2.44. The van der Waals surface area contributed by atoms with E-state index in [1.165, 1.54) is 0 Å². The van der Waals surface area contributed by atoms with Crippen molar-refractivity contribution >= 4 is 22.6 Å². The van der Waals surface area contributed by atoms with E-state index in [-0.39, 0.29) is 29.9 Å². The lowest BCUT2D eigenvalue weighted by atomic mass is 9.95. The number of likely N-dealkylation sites (tertiary alicyclic amines) is 1. The molecule has 2 heterocycles. The van der Waals surface area contributed by atoms with Gasteiger partial charge in [0.2, 0.25) is 5.91 Å². The molecule has 3 unspecified atom stereocenters. The molecule has 2 aliphatic heterocycles. The Morgan fingerprint density at radius 3 is 2.58 bits per heavy atom. The molecular weight excluding hydrogens is 390 g/mol. The minimum atomic E-state index is -0.143. The van der Waals surface area contributed by atoms with Crippen LogP contribution in [0, 0.1) is 5.92 Å². The summed E-state index contributed by atoms with van der Waals surface area (Å²) in [5.41, 5.74) is 0.717. The molecule has 6 heteroatoms. The molecule has 2 aliphatic rings. The summed E-state index contributed by atoms with van der Waals surface area (Å²) in [4.78, 5) is 30.2. The number of carbonyl (C=O) groups excluding carboxylic acids is 2. The number of benzene rings is 2. The number of nitrogens with zero attached hydrogens (tertiary/aromatic N) is 2. The molecule has 3 atom stereocenters. The van der Waals surface area contributed by atoms with Crippen molar-refractivity contribution in [2.24, 2.45) is 5.92 Å². The van der Waals surface area contributed by atoms with Crippen molar-refractivity contribution in [1.82, 2.24) is 15.1 Å². The summed E-state index contributed by atoms with van der Waals surface area (Å²) < 4.78 is 5.77. The van der Waals surface area contributed by atoms with Crippen LogP contribution in [-0.2, 0) is 9.53 Å². The molecule has 2 saturated heterocycles. The molecule has 1 N–H and O–H groups in total. The molecule has 0 aliphatic carbocycles. The van der Waals surface area contributed by atoms with Crippen molar-refractivity contribution in [1.29, 1.82) is 0 Å². The molecule has 166 valence electrons. The molecule has 31 heavy (non-hydrogen) atoms. The van der Waals surface area contributed by atoms with Gasteiger partial charge in [-0.25, -0.2) is 0 Å². The number of morpholine rings is 1. The number of amides is 2. The van der Waals surface area contributed by atoms with E-state index in [0.29, 0.717) is 19.6 Å². The summed E-state index contributed by atoms with van der Waals surface area (Å²) in [5, 5.41) is 5.13. The fraction of sp³-hybridized carbons (Fsp3) is 0.520. The lowest BCUT2D eigenvalue weighted by Gasteiger charge is -2.35. The van der Waals surface area contributed by atoms with Crippen molar-refractivity contribution in [2.45, 2.75) is 38.9 Å². The van der Waals surface area contributed by atoms with E-state index < -0.39 is 0 Å². The van der Waals surface area contributed by atoms with Crippen molar-refractivity contribution in [2.75, 3.05) is 39.3 Å². The Morgan fingerprint density at radius 2 is 1.77 bits per heavy atom. The predicted molar refractivity (Wildman–Crippen MR) is 122 cm³/mol. The lowest BCUT2D eigenvalue weighted by Crippen LogP contribution is -2.49. The van der Waals surface area contributed by atoms with Crippen LogP contribution in [0.5, 0.6) is 0 Å². The second-order valence-corrected chi connectivity index (χ2v) is 8.92. The fourth-order valence-corrected chi connectivity index (χ4v) is 4.91. The summed E-state index contributed by atoms with van der Waals surface area (Å²) in [6.07, 6.45) is 2.14. The minimum Gasteiger partial charge on any atom is -0.373 e. The highest BCUT2D eigenvalue weighted by Crippen LogP contribution is 2.23. The molecule has 0 bridgehead atoms. The number of hydrogen-bond donors (Lipinski definition) is 1. The molecule has 4 rings (SSSR count). The van der Waals surface area contributed by atoms with Gasteiger partial charge in [0.15, 0.2) is 0 Å². The molecule has 2 amide bonds. The van der Waals surface area contributed by atoms with E-state index in [0.717, 1.165) is 48.8 Å². The summed E-state index contributed by atoms with van der Waals surface area (Å²) >= 11 is 0. The quantitative estimate of drug-likeness (QED) is 0.803. The minimum absolute atomic E-state index is 0.0191. The van der Waals surface area contributed by atoms with Crippen molar-refractivity contribution in [3.63, 3.8) is 0 Å². The molecule has 0 spiro atoms. The molecule has 2 aromatic carbocycles. The van der Waals surface area contributed by atoms with Gasteiger partial charge >= 0.3 is 0 Å². The van der Waals surface area contributed by atoms with Gasteiger partial charge in [-0.1, -0.05) is 36.4 Å². The second-order valence-electron chi connectivity index (χ2n) is 8.92. The standard InChI is InChI=1S/C25H33N3O3/c1-18-15-27(16-19(2)31-18)14-12-26-24(29)21-9-6-13-28(17-21)25(30)23-11-5-8-20-7-3-4-10-22(20)23/h3-5,7-8,10-11,18-19,21H,6,9,12-17H2,1-2H3,(H,26,29). The molecule has 2 aromatic rings. The van der Waals surface area contributed by atoms with E-state index in [2.05, 4.69) is 24.1 Å². The highest BCUT2D eigenvalue weighted by atomic mass is 16.5. The van der Waals surface area contributed by atoms with Crippen LogP contribution in [0.25, 0.3) is 10.8 Å². The SMILES string of the molecule is CC1CN(CCNC(=O)C2CCCN(C(=O)c3cccc4ccccc34)C2)CC(C)O1. The number of nitrogens with one attached hydrogen (secondary N) is 1. The average Bonchev–Trinajstić information content (AvgIpc) is 2.77. The molecule has 6 nitrogen and oxygen atoms in total. The monoisotopic (exact) mass is 423 g/mol. The van der Waals surface area contributed by atoms with Crippen LogP contribution < -0.4 is 5.32 Å². The molecule has 2 fully saturated rings. The zero-order chi connectivity index (χ0) is 21.8. The zero-order valence-electron chi connectivity index (χ0n) is 18.5. The number of rotatable bonds is 5. The Kier molecular flexibility index (Phi) is 6.88. The normalized spacial score (nSPS) is 24.8. The van der Waals surface area contributed by atoms with Crippen LogP contribution in [-0.4, -0.2) is 73.1 Å². The molecule has 0 radical (unpaired) electrons. The van der Waals surface area contributed by atoms with E-state index in [1.807, 2.05) is 47.4 Å². The van der Waals surface area contributed by atoms with Crippen LogP contribution >= 0.6 is 0 Å². The van der Waals surface area contributed by atoms with Crippen molar-refractivity contribution in [3.05, 3.63) is 48.0 Å². The van der Waals surface area contributed by atoms with Gasteiger partial charge in [-0.3, -0.25) is 14.5 Å². The van der Waals surface area contributed by atoms with E-state index >= 15 is 0 Å². The Balaban J connectivity index is 1.32. The van der Waals surface area contributed by atoms with Crippen LogP contribution in [0.3, 0.4) is 0 Å². The van der Waals surface area contributed by atoms with Gasteiger partial charge in [-0.05, 0) is 43.5 Å².